The van der Waals surface area contributed by atoms with Crippen LogP contribution in [0.25, 0.3) is 0 Å². The molecule has 0 bridgehead atoms. The first-order valence-electron chi connectivity index (χ1n) is 4.13. The van der Waals surface area contributed by atoms with E-state index in [0.29, 0.717) is 0 Å². The Morgan fingerprint density at radius 1 is 1.36 bits per heavy atom. The van der Waals surface area contributed by atoms with Crippen LogP contribution in [0.3, 0.4) is 0 Å². The number of allylic oxidation sites excluding steroid dienone is 3. The van der Waals surface area contributed by atoms with Crippen molar-refractivity contribution in [3.05, 3.63) is 24.8 Å². The van der Waals surface area contributed by atoms with Gasteiger partial charge in [0.1, 0.15) is 0 Å². The van der Waals surface area contributed by atoms with Crippen LogP contribution in [0.15, 0.2) is 24.8 Å². The van der Waals surface area contributed by atoms with E-state index in [1.54, 1.807) is 6.08 Å². The molecule has 0 atom stereocenters. The fourth-order valence-corrected chi connectivity index (χ4v) is 0.670. The summed E-state index contributed by atoms with van der Waals surface area (Å²) in [7, 11) is 0. The third-order valence-electron chi connectivity index (χ3n) is 1.07. The molecule has 0 amide bonds. The summed E-state index contributed by atoms with van der Waals surface area (Å²) in [6.45, 7) is 7.60. The Labute approximate surface area is 76.0 Å². The maximum Gasteiger partial charge on any atom is 0.0223 e. The first-order valence-corrected chi connectivity index (χ1v) is 4.66. The van der Waals surface area contributed by atoms with Crippen molar-refractivity contribution in [2.75, 3.05) is 5.88 Å². The monoisotopic (exact) mass is 174 g/mol. The molecule has 0 aliphatic carbocycles. The van der Waals surface area contributed by atoms with E-state index in [1.807, 2.05) is 19.1 Å². The molecule has 0 saturated heterocycles. The van der Waals surface area contributed by atoms with E-state index in [1.165, 1.54) is 19.3 Å². The zero-order valence-electron chi connectivity index (χ0n) is 7.65. The molecule has 66 valence electrons. The highest BCUT2D eigenvalue weighted by atomic mass is 35.5. The molecule has 0 fully saturated rings. The van der Waals surface area contributed by atoms with Gasteiger partial charge in [0.2, 0.25) is 0 Å². The minimum absolute atomic E-state index is 0.827. The van der Waals surface area contributed by atoms with E-state index in [2.05, 4.69) is 13.5 Å². The van der Waals surface area contributed by atoms with Gasteiger partial charge in [0, 0.05) is 5.88 Å². The summed E-state index contributed by atoms with van der Waals surface area (Å²) in [5, 5.41) is 0. The summed E-state index contributed by atoms with van der Waals surface area (Å²) < 4.78 is 0. The Bertz CT molecular complexity index is 80.9. The number of hydrogen-bond donors (Lipinski definition) is 0. The van der Waals surface area contributed by atoms with Crippen molar-refractivity contribution < 1.29 is 0 Å². The first-order chi connectivity index (χ1) is 5.33. The van der Waals surface area contributed by atoms with Crippen molar-refractivity contribution in [3.63, 3.8) is 0 Å². The van der Waals surface area contributed by atoms with Crippen LogP contribution >= 0.6 is 11.6 Å². The number of rotatable bonds is 4. The Morgan fingerprint density at radius 2 is 2.00 bits per heavy atom. The van der Waals surface area contributed by atoms with E-state index in [-0.39, 0.29) is 0 Å². The summed E-state index contributed by atoms with van der Waals surface area (Å²) in [6, 6.07) is 0. The van der Waals surface area contributed by atoms with Crippen molar-refractivity contribution in [2.24, 2.45) is 0 Å². The molecule has 1 heteroatoms. The molecule has 0 heterocycles. The average molecular weight is 175 g/mol. The number of alkyl halides is 1. The van der Waals surface area contributed by atoms with E-state index in [9.17, 15) is 0 Å². The first kappa shape index (κ1) is 13.4. The van der Waals surface area contributed by atoms with Crippen LogP contribution in [-0.4, -0.2) is 5.88 Å². The highest BCUT2D eigenvalue weighted by molar-refractivity contribution is 6.17. The van der Waals surface area contributed by atoms with Gasteiger partial charge in [-0.1, -0.05) is 44.6 Å². The van der Waals surface area contributed by atoms with E-state index >= 15 is 0 Å². The SMILES string of the molecule is C=C/C=C\C.CCCCCCl. The van der Waals surface area contributed by atoms with Crippen molar-refractivity contribution in [3.8, 4) is 0 Å². The molecule has 0 saturated carbocycles. The molecular formula is C10H19Cl. The van der Waals surface area contributed by atoms with Gasteiger partial charge in [0.05, 0.1) is 0 Å². The van der Waals surface area contributed by atoms with Gasteiger partial charge in [-0.15, -0.1) is 11.6 Å². The number of halogens is 1. The topological polar surface area (TPSA) is 0 Å². The molecule has 0 aliphatic rings. The van der Waals surface area contributed by atoms with Gasteiger partial charge in [0.15, 0.2) is 0 Å². The average Bonchev–Trinajstić information content (AvgIpc) is 2.04. The highest BCUT2D eigenvalue weighted by Gasteiger charge is 1.76. The lowest BCUT2D eigenvalue weighted by Crippen LogP contribution is -1.70. The Hall–Kier alpha value is -0.230. The zero-order chi connectivity index (χ0) is 8.95. The molecule has 0 N–H and O–H groups in total. The van der Waals surface area contributed by atoms with Gasteiger partial charge < -0.3 is 0 Å². The van der Waals surface area contributed by atoms with Crippen molar-refractivity contribution in [1.82, 2.24) is 0 Å². The summed E-state index contributed by atoms with van der Waals surface area (Å²) in [4.78, 5) is 0. The fourth-order valence-electron chi connectivity index (χ4n) is 0.481. The summed E-state index contributed by atoms with van der Waals surface area (Å²) in [5.74, 6) is 0.827. The predicted octanol–water partition coefficient (Wildman–Crippen LogP) is 4.16. The second-order valence-corrected chi connectivity index (χ2v) is 2.54. The van der Waals surface area contributed by atoms with Crippen LogP contribution in [0.4, 0.5) is 0 Å². The number of hydrogen-bond acceptors (Lipinski definition) is 0. The van der Waals surface area contributed by atoms with E-state index in [4.69, 9.17) is 11.6 Å². The van der Waals surface area contributed by atoms with Crippen molar-refractivity contribution in [2.45, 2.75) is 33.1 Å². The lowest BCUT2D eigenvalue weighted by Gasteiger charge is -1.84. The molecular weight excluding hydrogens is 156 g/mol. The molecule has 0 nitrogen and oxygen atoms in total. The van der Waals surface area contributed by atoms with Crippen LogP contribution in [0.2, 0.25) is 0 Å². The number of unbranched alkanes of at least 4 members (excludes halogenated alkanes) is 2. The molecule has 11 heavy (non-hydrogen) atoms. The van der Waals surface area contributed by atoms with E-state index < -0.39 is 0 Å². The van der Waals surface area contributed by atoms with Gasteiger partial charge in [-0.3, -0.25) is 0 Å². The molecule has 0 aromatic rings. The van der Waals surface area contributed by atoms with Crippen molar-refractivity contribution in [1.29, 1.82) is 0 Å². The zero-order valence-corrected chi connectivity index (χ0v) is 8.40. The standard InChI is InChI=1S/C5H11Cl.C5H8/c1-2-3-4-5-6;1-3-5-4-2/h2-5H2,1H3;3-5H,1H2,2H3/b;5-4-. The molecule has 0 aromatic carbocycles. The highest BCUT2D eigenvalue weighted by Crippen LogP contribution is 1.93. The fraction of sp³-hybridized carbons (Fsp3) is 0.600. The lowest BCUT2D eigenvalue weighted by atomic mass is 10.3. The smallest absolute Gasteiger partial charge is 0.0223 e. The largest absolute Gasteiger partial charge is 0.127 e. The predicted molar refractivity (Wildman–Crippen MR) is 55.3 cm³/mol. The summed E-state index contributed by atoms with van der Waals surface area (Å²) in [6.07, 6.45) is 9.31. The van der Waals surface area contributed by atoms with Crippen LogP contribution in [-0.2, 0) is 0 Å². The van der Waals surface area contributed by atoms with Gasteiger partial charge in [-0.2, -0.15) is 0 Å². The Morgan fingerprint density at radius 3 is 2.09 bits per heavy atom. The van der Waals surface area contributed by atoms with Gasteiger partial charge in [-0.25, -0.2) is 0 Å². The Balaban J connectivity index is 0. The minimum atomic E-state index is 0.827. The molecule has 0 unspecified atom stereocenters. The van der Waals surface area contributed by atoms with Gasteiger partial charge in [-0.05, 0) is 13.3 Å². The van der Waals surface area contributed by atoms with Crippen LogP contribution in [0, 0.1) is 0 Å². The minimum Gasteiger partial charge on any atom is -0.127 e. The molecule has 0 radical (unpaired) electrons. The van der Waals surface area contributed by atoms with Crippen LogP contribution < -0.4 is 0 Å². The van der Waals surface area contributed by atoms with Crippen LogP contribution in [0.1, 0.15) is 33.1 Å². The summed E-state index contributed by atoms with van der Waals surface area (Å²) in [5.41, 5.74) is 0. The van der Waals surface area contributed by atoms with E-state index in [0.717, 1.165) is 5.88 Å². The van der Waals surface area contributed by atoms with Gasteiger partial charge >= 0.3 is 0 Å². The molecule has 0 aromatic heterocycles. The van der Waals surface area contributed by atoms with Crippen LogP contribution in [0.5, 0.6) is 0 Å². The summed E-state index contributed by atoms with van der Waals surface area (Å²) >= 11 is 5.38. The molecule has 0 spiro atoms. The Kier molecular flexibility index (Phi) is 19.9. The third-order valence-corrected chi connectivity index (χ3v) is 1.33. The van der Waals surface area contributed by atoms with Crippen molar-refractivity contribution >= 4 is 11.6 Å². The lowest BCUT2D eigenvalue weighted by molar-refractivity contribution is 0.776. The van der Waals surface area contributed by atoms with Gasteiger partial charge in [0.25, 0.3) is 0 Å². The quantitative estimate of drug-likeness (QED) is 0.341. The maximum atomic E-state index is 5.38. The second-order valence-electron chi connectivity index (χ2n) is 2.16. The molecule has 0 aliphatic heterocycles. The third kappa shape index (κ3) is 25.9. The molecule has 0 rings (SSSR count). The maximum absolute atomic E-state index is 5.38. The normalized spacial score (nSPS) is 9.00. The second kappa shape index (κ2) is 16.4.